The van der Waals surface area contributed by atoms with Gasteiger partial charge in [-0.05, 0) is 66.4 Å². The molecule has 0 saturated heterocycles. The fourth-order valence-electron chi connectivity index (χ4n) is 4.74. The summed E-state index contributed by atoms with van der Waals surface area (Å²) in [4.78, 5) is 25.1. The van der Waals surface area contributed by atoms with Crippen molar-refractivity contribution in [2.24, 2.45) is 10.8 Å². The zero-order valence-corrected chi connectivity index (χ0v) is 20.9. The number of hydrogen-bond donors (Lipinski definition) is 2. The summed E-state index contributed by atoms with van der Waals surface area (Å²) in [6.45, 7) is 0.144. The number of halogens is 2. The number of allylic oxidation sites excluding steroid dienone is 1. The van der Waals surface area contributed by atoms with E-state index in [1.807, 2.05) is 30.3 Å². The zero-order chi connectivity index (χ0) is 25.7. The first-order chi connectivity index (χ1) is 17.9. The first-order valence-corrected chi connectivity index (χ1v) is 12.3. The van der Waals surface area contributed by atoms with Gasteiger partial charge < -0.3 is 20.5 Å². The molecule has 0 spiro atoms. The normalized spacial score (nSPS) is 15.6. The average Bonchev–Trinajstić information content (AvgIpc) is 3.37. The summed E-state index contributed by atoms with van der Waals surface area (Å²) in [5.41, 5.74) is 11.4. The van der Waals surface area contributed by atoms with Crippen molar-refractivity contribution >= 4 is 57.8 Å². The van der Waals surface area contributed by atoms with Gasteiger partial charge in [0.1, 0.15) is 5.71 Å². The lowest BCUT2D eigenvalue weighted by Gasteiger charge is -2.34. The Morgan fingerprint density at radius 1 is 0.973 bits per heavy atom. The molecule has 2 heterocycles. The van der Waals surface area contributed by atoms with Crippen LogP contribution in [0.25, 0.3) is 5.70 Å². The van der Waals surface area contributed by atoms with Gasteiger partial charge in [-0.15, -0.1) is 0 Å². The van der Waals surface area contributed by atoms with E-state index in [2.05, 4.69) is 10.4 Å². The van der Waals surface area contributed by atoms with Crippen molar-refractivity contribution in [1.82, 2.24) is 0 Å². The molecule has 186 valence electrons. The number of aryl methyl sites for hydroxylation is 1. The Morgan fingerprint density at radius 2 is 1.81 bits per heavy atom. The molecule has 0 aromatic heterocycles. The number of carbonyl (C=O) groups excluding carboxylic acids is 2. The SMILES string of the molecule is NC(=O)C1=NN(c2ccc3c(c2)OCO3)C2=C(CCc3ccc(NC(=O)c4cc(Cl)ccc4Cl)cc32)C1. The van der Waals surface area contributed by atoms with Gasteiger partial charge >= 0.3 is 0 Å². The number of rotatable bonds is 4. The van der Waals surface area contributed by atoms with Crippen LogP contribution in [0.3, 0.4) is 0 Å². The van der Waals surface area contributed by atoms with Crippen molar-refractivity contribution in [2.45, 2.75) is 19.3 Å². The van der Waals surface area contributed by atoms with E-state index in [9.17, 15) is 9.59 Å². The van der Waals surface area contributed by atoms with Crippen molar-refractivity contribution in [2.75, 3.05) is 17.1 Å². The second-order valence-corrected chi connectivity index (χ2v) is 9.68. The molecule has 0 fully saturated rings. The summed E-state index contributed by atoms with van der Waals surface area (Å²) in [6.07, 6.45) is 1.89. The molecule has 3 N–H and O–H groups in total. The highest BCUT2D eigenvalue weighted by atomic mass is 35.5. The lowest BCUT2D eigenvalue weighted by molar-refractivity contribution is -0.112. The van der Waals surface area contributed by atoms with E-state index in [1.165, 1.54) is 6.07 Å². The molecule has 8 nitrogen and oxygen atoms in total. The van der Waals surface area contributed by atoms with Crippen LogP contribution in [0.15, 0.2) is 65.3 Å². The minimum Gasteiger partial charge on any atom is -0.454 e. The summed E-state index contributed by atoms with van der Waals surface area (Å²) >= 11 is 12.3. The predicted molar refractivity (Wildman–Crippen MR) is 142 cm³/mol. The van der Waals surface area contributed by atoms with E-state index < -0.39 is 5.91 Å². The number of primary amides is 1. The largest absolute Gasteiger partial charge is 0.454 e. The van der Waals surface area contributed by atoms with Crippen LogP contribution < -0.4 is 25.5 Å². The van der Waals surface area contributed by atoms with Gasteiger partial charge in [0.2, 0.25) is 6.79 Å². The van der Waals surface area contributed by atoms with E-state index >= 15 is 0 Å². The maximum atomic E-state index is 13.0. The molecule has 10 heteroatoms. The fourth-order valence-corrected chi connectivity index (χ4v) is 5.12. The lowest BCUT2D eigenvalue weighted by Crippen LogP contribution is -2.33. The van der Waals surface area contributed by atoms with Crippen molar-refractivity contribution < 1.29 is 19.1 Å². The maximum absolute atomic E-state index is 13.0. The van der Waals surface area contributed by atoms with Crippen molar-refractivity contribution in [3.05, 3.63) is 86.9 Å². The number of benzene rings is 3. The minimum absolute atomic E-state index is 0.144. The molecule has 2 aliphatic heterocycles. The van der Waals surface area contributed by atoms with Crippen molar-refractivity contribution in [1.29, 1.82) is 0 Å². The first-order valence-electron chi connectivity index (χ1n) is 11.6. The molecular formula is C27H20Cl2N4O4. The monoisotopic (exact) mass is 534 g/mol. The molecule has 0 saturated carbocycles. The molecule has 0 atom stereocenters. The van der Waals surface area contributed by atoms with Crippen molar-refractivity contribution in [3.8, 4) is 11.5 Å². The predicted octanol–water partition coefficient (Wildman–Crippen LogP) is 5.38. The minimum atomic E-state index is -0.567. The van der Waals surface area contributed by atoms with Crippen LogP contribution in [-0.2, 0) is 11.2 Å². The van der Waals surface area contributed by atoms with Gasteiger partial charge in [-0.1, -0.05) is 29.3 Å². The van der Waals surface area contributed by atoms with Gasteiger partial charge in [0.15, 0.2) is 11.5 Å². The van der Waals surface area contributed by atoms with E-state index in [4.69, 9.17) is 38.4 Å². The Kier molecular flexibility index (Phi) is 5.78. The third kappa shape index (κ3) is 4.28. The third-order valence-corrected chi connectivity index (χ3v) is 7.09. The number of fused-ring (bicyclic) bond motifs is 3. The standard InChI is InChI=1S/C27H20Cl2N4O4/c28-16-4-7-21(29)20(10-16)27(35)31-17-5-3-14-1-2-15-9-22(26(30)34)32-33(25(15)19(14)11-17)18-6-8-23-24(12-18)37-13-36-23/h3-8,10-12H,1-2,9,13H2,(H2,30,34)(H,31,35). The van der Waals surface area contributed by atoms with E-state index in [1.54, 1.807) is 23.2 Å². The summed E-state index contributed by atoms with van der Waals surface area (Å²) in [5.74, 6) is 0.296. The number of hydrogen-bond acceptors (Lipinski definition) is 6. The second-order valence-electron chi connectivity index (χ2n) is 8.84. The number of anilines is 2. The highest BCUT2D eigenvalue weighted by Crippen LogP contribution is 2.44. The molecule has 3 aromatic carbocycles. The van der Waals surface area contributed by atoms with Gasteiger partial charge in [-0.25, -0.2) is 5.01 Å². The number of nitrogens with two attached hydrogens (primary N) is 1. The van der Waals surface area contributed by atoms with E-state index in [-0.39, 0.29) is 24.0 Å². The smallest absolute Gasteiger partial charge is 0.265 e. The van der Waals surface area contributed by atoms with E-state index in [0.717, 1.165) is 35.2 Å². The second kappa shape index (κ2) is 9.14. The highest BCUT2D eigenvalue weighted by Gasteiger charge is 2.32. The molecule has 3 aliphatic rings. The molecule has 0 unspecified atom stereocenters. The summed E-state index contributed by atoms with van der Waals surface area (Å²) in [5, 5.41) is 9.98. The highest BCUT2D eigenvalue weighted by molar-refractivity contribution is 6.39. The Morgan fingerprint density at radius 3 is 2.65 bits per heavy atom. The Balaban J connectivity index is 1.40. The van der Waals surface area contributed by atoms with Crippen LogP contribution in [0.2, 0.25) is 10.0 Å². The number of nitrogens with one attached hydrogen (secondary N) is 1. The summed E-state index contributed by atoms with van der Waals surface area (Å²) < 4.78 is 11.0. The molecule has 0 radical (unpaired) electrons. The van der Waals surface area contributed by atoms with Crippen LogP contribution in [0, 0.1) is 0 Å². The van der Waals surface area contributed by atoms with Crippen LogP contribution in [0.5, 0.6) is 11.5 Å². The molecule has 37 heavy (non-hydrogen) atoms. The van der Waals surface area contributed by atoms with Gasteiger partial charge in [-0.3, -0.25) is 9.59 Å². The van der Waals surface area contributed by atoms with Crippen LogP contribution in [0.1, 0.15) is 34.3 Å². The number of ether oxygens (including phenoxy) is 2. The number of hydrazone groups is 1. The Hall–Kier alpha value is -4.01. The quantitative estimate of drug-likeness (QED) is 0.467. The Labute approximate surface area is 222 Å². The number of nitrogens with zero attached hydrogens (tertiary/aromatic N) is 2. The van der Waals surface area contributed by atoms with Crippen LogP contribution >= 0.6 is 23.2 Å². The van der Waals surface area contributed by atoms with Crippen LogP contribution in [-0.4, -0.2) is 24.3 Å². The molecule has 1 aliphatic carbocycles. The Bertz CT molecular complexity index is 1550. The molecular weight excluding hydrogens is 515 g/mol. The average molecular weight is 535 g/mol. The fraction of sp³-hybridized carbons (Fsp3) is 0.148. The van der Waals surface area contributed by atoms with Crippen molar-refractivity contribution in [3.63, 3.8) is 0 Å². The van der Waals surface area contributed by atoms with Gasteiger partial charge in [0.25, 0.3) is 11.8 Å². The first kappa shape index (κ1) is 23.4. The number of amides is 2. The number of carbonyl (C=O) groups is 2. The molecule has 3 aromatic rings. The molecule has 6 rings (SSSR count). The van der Waals surface area contributed by atoms with Gasteiger partial charge in [0, 0.05) is 28.8 Å². The summed E-state index contributed by atoms with van der Waals surface area (Å²) in [7, 11) is 0. The molecule has 0 bridgehead atoms. The summed E-state index contributed by atoms with van der Waals surface area (Å²) in [6, 6.07) is 16.0. The lowest BCUT2D eigenvalue weighted by atomic mass is 9.85. The molecule has 2 amide bonds. The van der Waals surface area contributed by atoms with Gasteiger partial charge in [0.05, 0.1) is 22.0 Å². The van der Waals surface area contributed by atoms with E-state index in [0.29, 0.717) is 39.3 Å². The van der Waals surface area contributed by atoms with Crippen LogP contribution in [0.4, 0.5) is 11.4 Å². The van der Waals surface area contributed by atoms with Gasteiger partial charge in [-0.2, -0.15) is 5.10 Å². The topological polar surface area (TPSA) is 106 Å². The maximum Gasteiger partial charge on any atom is 0.265 e. The zero-order valence-electron chi connectivity index (χ0n) is 19.4. The third-order valence-electron chi connectivity index (χ3n) is 6.53.